The molecule has 0 bridgehead atoms. The van der Waals surface area contributed by atoms with Crippen LogP contribution in [0.2, 0.25) is 0 Å². The zero-order chi connectivity index (χ0) is 22.3. The second kappa shape index (κ2) is 7.00. The minimum atomic E-state index is -0.646. The van der Waals surface area contributed by atoms with E-state index in [1.54, 1.807) is 5.57 Å². The lowest BCUT2D eigenvalue weighted by molar-refractivity contribution is -0.114. The third-order valence-corrected chi connectivity index (χ3v) is 9.84. The zero-order valence-electron chi connectivity index (χ0n) is 19.3. The first-order valence-electron chi connectivity index (χ1n) is 12.6. The van der Waals surface area contributed by atoms with Crippen molar-refractivity contribution in [1.29, 1.82) is 0 Å². The molecule has 5 atom stereocenters. The summed E-state index contributed by atoms with van der Waals surface area (Å²) in [7, 11) is 0. The van der Waals surface area contributed by atoms with Crippen LogP contribution >= 0.6 is 0 Å². The number of allylic oxidation sites excluding steroid dienone is 4. The molecule has 0 radical (unpaired) electrons. The smallest absolute Gasteiger partial charge is 0.165 e. The standard InChI is InChI=1S/C29H34O3/c1-28-16-24(17-3-5-18(6-4-17)27(31)19-7-8-19)26-22-12-10-21(30)15-20(22)9-11-23(26)25(28)13-14-29(28,2)32/h3-6,15,19,23-25,32H,7-14,16H2,1-2H3/t23?,24-,25?,28+,29+/m1/s1. The van der Waals surface area contributed by atoms with E-state index >= 15 is 0 Å². The predicted molar refractivity (Wildman–Crippen MR) is 124 cm³/mol. The maximum atomic E-state index is 12.5. The molecule has 1 aromatic carbocycles. The van der Waals surface area contributed by atoms with Gasteiger partial charge >= 0.3 is 0 Å². The first kappa shape index (κ1) is 20.6. The Morgan fingerprint density at radius 2 is 1.75 bits per heavy atom. The Balaban J connectivity index is 1.46. The summed E-state index contributed by atoms with van der Waals surface area (Å²) in [5.74, 6) is 2.05. The molecule has 168 valence electrons. The van der Waals surface area contributed by atoms with Crippen molar-refractivity contribution in [3.05, 3.63) is 58.2 Å². The Morgan fingerprint density at radius 3 is 2.47 bits per heavy atom. The average Bonchev–Trinajstić information content (AvgIpc) is 3.59. The molecular formula is C29H34O3. The molecule has 1 aromatic rings. The molecule has 0 heterocycles. The predicted octanol–water partition coefficient (Wildman–Crippen LogP) is 5.93. The number of benzene rings is 1. The maximum absolute atomic E-state index is 12.5. The van der Waals surface area contributed by atoms with Crippen LogP contribution in [0.5, 0.6) is 0 Å². The Hall–Kier alpha value is -2.00. The Labute approximate surface area is 191 Å². The molecule has 0 spiro atoms. The molecule has 3 heteroatoms. The summed E-state index contributed by atoms with van der Waals surface area (Å²) < 4.78 is 0. The van der Waals surface area contributed by atoms with E-state index < -0.39 is 5.60 Å². The van der Waals surface area contributed by atoms with Crippen molar-refractivity contribution in [1.82, 2.24) is 0 Å². The van der Waals surface area contributed by atoms with Crippen LogP contribution in [-0.4, -0.2) is 22.3 Å². The summed E-state index contributed by atoms with van der Waals surface area (Å²) >= 11 is 0. The molecule has 2 unspecified atom stereocenters. The van der Waals surface area contributed by atoms with Gasteiger partial charge in [0.2, 0.25) is 0 Å². The monoisotopic (exact) mass is 430 g/mol. The van der Waals surface area contributed by atoms with E-state index in [1.807, 2.05) is 25.1 Å². The van der Waals surface area contributed by atoms with E-state index in [0.717, 1.165) is 56.9 Å². The average molecular weight is 431 g/mol. The minimum Gasteiger partial charge on any atom is -0.390 e. The molecular weight excluding hydrogens is 396 g/mol. The highest BCUT2D eigenvalue weighted by atomic mass is 16.3. The summed E-state index contributed by atoms with van der Waals surface area (Å²) in [6, 6.07) is 8.40. The number of rotatable bonds is 3. The number of hydrogen-bond donors (Lipinski definition) is 1. The van der Waals surface area contributed by atoms with Gasteiger partial charge in [0, 0.05) is 29.2 Å². The normalized spacial score (nSPS) is 38.7. The first-order valence-corrected chi connectivity index (χ1v) is 12.6. The van der Waals surface area contributed by atoms with E-state index in [9.17, 15) is 14.7 Å². The van der Waals surface area contributed by atoms with Gasteiger partial charge in [-0.15, -0.1) is 0 Å². The van der Waals surface area contributed by atoms with Crippen molar-refractivity contribution < 1.29 is 14.7 Å². The van der Waals surface area contributed by atoms with E-state index in [0.29, 0.717) is 24.0 Å². The fraction of sp³-hybridized carbons (Fsp3) is 0.586. The summed E-state index contributed by atoms with van der Waals surface area (Å²) in [4.78, 5) is 24.7. The van der Waals surface area contributed by atoms with Gasteiger partial charge < -0.3 is 5.11 Å². The van der Waals surface area contributed by atoms with E-state index in [-0.39, 0.29) is 23.0 Å². The molecule has 6 rings (SSSR count). The highest BCUT2D eigenvalue weighted by molar-refractivity contribution is 5.99. The third-order valence-electron chi connectivity index (χ3n) is 9.84. The van der Waals surface area contributed by atoms with Crippen LogP contribution < -0.4 is 0 Å². The van der Waals surface area contributed by atoms with Crippen molar-refractivity contribution in [2.75, 3.05) is 0 Å². The van der Waals surface area contributed by atoms with Gasteiger partial charge in [-0.1, -0.05) is 36.8 Å². The van der Waals surface area contributed by atoms with Crippen LogP contribution in [-0.2, 0) is 4.79 Å². The SMILES string of the molecule is C[C@]1(O)CCC2C3CCC4=CC(=O)CCC4=C3[C@@H](c3ccc(C(=O)C4CC4)cc3)C[C@@]21C. The molecule has 3 nitrogen and oxygen atoms in total. The Kier molecular flexibility index (Phi) is 4.50. The lowest BCUT2D eigenvalue weighted by atomic mass is 9.51. The zero-order valence-corrected chi connectivity index (χ0v) is 19.3. The highest BCUT2D eigenvalue weighted by Gasteiger charge is 2.61. The van der Waals surface area contributed by atoms with E-state index in [4.69, 9.17) is 0 Å². The number of ketones is 2. The molecule has 3 fully saturated rings. The fourth-order valence-corrected chi connectivity index (χ4v) is 7.64. The van der Waals surface area contributed by atoms with Crippen LogP contribution in [0.15, 0.2) is 47.1 Å². The van der Waals surface area contributed by atoms with Crippen molar-refractivity contribution in [2.45, 2.75) is 83.2 Å². The lowest BCUT2D eigenvalue weighted by Gasteiger charge is -2.54. The summed E-state index contributed by atoms with van der Waals surface area (Å²) in [5, 5.41) is 11.4. The van der Waals surface area contributed by atoms with Crippen LogP contribution in [0.4, 0.5) is 0 Å². The van der Waals surface area contributed by atoms with Gasteiger partial charge in [0.05, 0.1) is 5.60 Å². The molecule has 0 saturated heterocycles. The molecule has 0 aromatic heterocycles. The first-order chi connectivity index (χ1) is 15.3. The molecule has 5 aliphatic carbocycles. The van der Waals surface area contributed by atoms with Gasteiger partial charge in [-0.25, -0.2) is 0 Å². The highest BCUT2D eigenvalue weighted by Crippen LogP contribution is 2.66. The summed E-state index contributed by atoms with van der Waals surface area (Å²) in [5.41, 5.74) is 5.62. The van der Waals surface area contributed by atoms with Crippen LogP contribution in [0.1, 0.15) is 93.5 Å². The molecule has 3 saturated carbocycles. The fourth-order valence-electron chi connectivity index (χ4n) is 7.64. The number of hydrogen-bond acceptors (Lipinski definition) is 3. The quantitative estimate of drug-likeness (QED) is 0.605. The largest absolute Gasteiger partial charge is 0.390 e. The number of carbonyl (C=O) groups is 2. The van der Waals surface area contributed by atoms with Gasteiger partial charge in [-0.3, -0.25) is 9.59 Å². The van der Waals surface area contributed by atoms with Gasteiger partial charge in [0.25, 0.3) is 0 Å². The van der Waals surface area contributed by atoms with Crippen LogP contribution in [0.3, 0.4) is 0 Å². The summed E-state index contributed by atoms with van der Waals surface area (Å²) in [6.07, 6.45) is 10.4. The van der Waals surface area contributed by atoms with Gasteiger partial charge in [-0.05, 0) is 92.9 Å². The minimum absolute atomic E-state index is 0.111. The van der Waals surface area contributed by atoms with Crippen LogP contribution in [0, 0.1) is 23.2 Å². The van der Waals surface area contributed by atoms with Gasteiger partial charge in [0.15, 0.2) is 11.6 Å². The number of Topliss-reactive ketones (excluding diaryl/α,β-unsaturated/α-hetero) is 1. The Bertz CT molecular complexity index is 1050. The summed E-state index contributed by atoms with van der Waals surface area (Å²) in [6.45, 7) is 4.37. The van der Waals surface area contributed by atoms with Crippen molar-refractivity contribution in [3.8, 4) is 0 Å². The molecule has 5 aliphatic rings. The lowest BCUT2D eigenvalue weighted by Crippen LogP contribution is -2.50. The molecule has 0 amide bonds. The van der Waals surface area contributed by atoms with Gasteiger partial charge in [0.1, 0.15) is 0 Å². The Morgan fingerprint density at radius 1 is 1.00 bits per heavy atom. The topological polar surface area (TPSA) is 54.4 Å². The van der Waals surface area contributed by atoms with E-state index in [2.05, 4.69) is 19.1 Å². The van der Waals surface area contributed by atoms with Gasteiger partial charge in [-0.2, -0.15) is 0 Å². The third kappa shape index (κ3) is 2.96. The maximum Gasteiger partial charge on any atom is 0.165 e. The second-order valence-corrected chi connectivity index (χ2v) is 11.6. The van der Waals surface area contributed by atoms with Crippen molar-refractivity contribution in [2.24, 2.45) is 23.2 Å². The molecule has 0 aliphatic heterocycles. The van der Waals surface area contributed by atoms with Crippen molar-refractivity contribution in [3.63, 3.8) is 0 Å². The second-order valence-electron chi connectivity index (χ2n) is 11.6. The molecule has 1 N–H and O–H groups in total. The van der Waals surface area contributed by atoms with Crippen LogP contribution in [0.25, 0.3) is 0 Å². The number of carbonyl (C=O) groups excluding carboxylic acids is 2. The van der Waals surface area contributed by atoms with E-state index in [1.165, 1.54) is 16.7 Å². The number of fused-ring (bicyclic) bond motifs is 4. The molecule has 32 heavy (non-hydrogen) atoms. The number of aliphatic hydroxyl groups is 1. The van der Waals surface area contributed by atoms with Crippen molar-refractivity contribution >= 4 is 11.6 Å².